The summed E-state index contributed by atoms with van der Waals surface area (Å²) in [6.07, 6.45) is 5.53. The van der Waals surface area contributed by atoms with Gasteiger partial charge in [0.1, 0.15) is 36.1 Å². The van der Waals surface area contributed by atoms with Gasteiger partial charge in [-0.15, -0.1) is 0 Å². The number of fused-ring (bicyclic) bond motifs is 6. The Labute approximate surface area is 384 Å². The number of hydrogen-bond donors (Lipinski definition) is 4. The Kier molecular flexibility index (Phi) is 12.4. The van der Waals surface area contributed by atoms with E-state index in [1.54, 1.807) is 0 Å². The molecule has 0 spiro atoms. The molecule has 15 nitrogen and oxygen atoms in total. The van der Waals surface area contributed by atoms with E-state index >= 15 is 0 Å². The Balaban J connectivity index is 0.979. The van der Waals surface area contributed by atoms with E-state index in [-0.39, 0.29) is 41.8 Å². The van der Waals surface area contributed by atoms with Gasteiger partial charge in [0, 0.05) is 23.5 Å². The molecule has 2 fully saturated rings. The molecule has 5 heterocycles. The lowest BCUT2D eigenvalue weighted by atomic mass is 9.92. The maximum atomic E-state index is 14.5. The van der Waals surface area contributed by atoms with Gasteiger partial charge in [0.05, 0.1) is 49.2 Å². The molecule has 0 radical (unpaired) electrons. The molecule has 15 heteroatoms. The number of amides is 4. The van der Waals surface area contributed by atoms with Crippen LogP contribution in [-0.4, -0.2) is 86.6 Å². The van der Waals surface area contributed by atoms with Gasteiger partial charge < -0.3 is 44.6 Å². The maximum Gasteiger partial charge on any atom is 0.407 e. The van der Waals surface area contributed by atoms with Crippen molar-refractivity contribution in [2.75, 3.05) is 20.8 Å². The van der Waals surface area contributed by atoms with Gasteiger partial charge in [-0.3, -0.25) is 9.59 Å². The Hall–Kier alpha value is -6.90. The van der Waals surface area contributed by atoms with Crippen molar-refractivity contribution >= 4 is 45.8 Å². The molecule has 4 N–H and O–H groups in total. The minimum absolute atomic E-state index is 0.0200. The van der Waals surface area contributed by atoms with Gasteiger partial charge in [-0.25, -0.2) is 19.6 Å². The minimum Gasteiger partial charge on any atom is -0.488 e. The molecule has 7 atom stereocenters. The zero-order valence-electron chi connectivity index (χ0n) is 38.4. The van der Waals surface area contributed by atoms with E-state index in [1.807, 2.05) is 73.2 Å². The van der Waals surface area contributed by atoms with Crippen LogP contribution in [0.5, 0.6) is 5.75 Å². The van der Waals surface area contributed by atoms with Crippen LogP contribution in [-0.2, 0) is 25.7 Å². The number of hydrogen-bond acceptors (Lipinski definition) is 9. The van der Waals surface area contributed by atoms with Crippen LogP contribution in [0, 0.1) is 11.8 Å². The fourth-order valence-electron chi connectivity index (χ4n) is 10.3. The third-order valence-electron chi connectivity index (χ3n) is 14.0. The average molecular weight is 895 g/mol. The second kappa shape index (κ2) is 18.5. The largest absolute Gasteiger partial charge is 0.488 e. The highest BCUT2D eigenvalue weighted by Crippen LogP contribution is 2.44. The number of aromatic nitrogens is 4. The number of alkyl carbamates (subject to hydrolysis) is 2. The lowest BCUT2D eigenvalue weighted by Crippen LogP contribution is -2.53. The minimum atomic E-state index is -0.915. The van der Waals surface area contributed by atoms with Gasteiger partial charge in [0.2, 0.25) is 5.91 Å². The number of carbonyl (C=O) groups is 4. The van der Waals surface area contributed by atoms with Crippen molar-refractivity contribution in [3.8, 4) is 28.1 Å². The van der Waals surface area contributed by atoms with E-state index in [4.69, 9.17) is 24.2 Å². The van der Waals surface area contributed by atoms with Gasteiger partial charge in [-0.05, 0) is 96.3 Å². The standard InChI is InChI=1S/C51H58N8O7/c1-7-12-30-21-41(58(26-30)48(60)44(57-51(63)65-6)31-13-10-9-11-14-31)47-53-38-19-17-32-23-37-35-18-16-33(22-34(35)27-66-42(37)24-36(32)45(38)55-47)39-25-52-46(54-39)40-20-15-29(4)59(40)49(61)43(28(3)8-2)56-50(62)64-5/h9-11,13-14,16-19,22-25,28-30,40-41,43-44H,7-8,12,15,20-21,26-27H2,1-6H3,(H,52,54)(H,53,55)(H,56,62)(H,57,63)/t28-,29-,30-,40-,41-,43-,44+/m0/s1. The van der Waals surface area contributed by atoms with Gasteiger partial charge in [0.25, 0.3) is 5.91 Å². The number of methoxy groups -OCH3 is 2. The third-order valence-corrected chi connectivity index (χ3v) is 14.0. The zero-order chi connectivity index (χ0) is 46.2. The van der Waals surface area contributed by atoms with Crippen LogP contribution in [0.15, 0.2) is 79.0 Å². The summed E-state index contributed by atoms with van der Waals surface area (Å²) >= 11 is 0. The summed E-state index contributed by atoms with van der Waals surface area (Å²) in [6.45, 7) is 9.09. The predicted octanol–water partition coefficient (Wildman–Crippen LogP) is 9.28. The van der Waals surface area contributed by atoms with Gasteiger partial charge in [-0.1, -0.05) is 82.1 Å². The lowest BCUT2D eigenvalue weighted by Gasteiger charge is -2.33. The molecule has 6 aromatic rings. The highest BCUT2D eigenvalue weighted by Gasteiger charge is 2.43. The summed E-state index contributed by atoms with van der Waals surface area (Å²) in [4.78, 5) is 74.1. The molecule has 3 aliphatic heterocycles. The zero-order valence-corrected chi connectivity index (χ0v) is 38.4. The normalized spacial score (nSPS) is 20.3. The number of nitrogens with zero attached hydrogens (tertiary/aromatic N) is 4. The third kappa shape index (κ3) is 8.30. The summed E-state index contributed by atoms with van der Waals surface area (Å²) in [6, 6.07) is 21.7. The molecule has 344 valence electrons. The van der Waals surface area contributed by atoms with Crippen molar-refractivity contribution < 1.29 is 33.4 Å². The molecule has 0 saturated carbocycles. The SMILES string of the molecule is CCC[C@H]1C[C@@H](c2nc3c(ccc4cc5c(cc43)OCc3cc(-c4cnc([C@@H]6CC[C@H](C)N6C(=O)[C@@H](NC(=O)OC)[C@@H](C)CC)[nH]4)ccc3-5)[nH]2)N(C(=O)[C@H](NC(=O)OC)c2ccccc2)C1. The number of H-pyrrole nitrogens is 2. The van der Waals surface area contributed by atoms with Crippen LogP contribution < -0.4 is 15.4 Å². The second-order valence-electron chi connectivity index (χ2n) is 18.1. The first kappa shape index (κ1) is 44.3. The molecule has 66 heavy (non-hydrogen) atoms. The second-order valence-corrected chi connectivity index (χ2v) is 18.1. The Morgan fingerprint density at radius 2 is 1.67 bits per heavy atom. The lowest BCUT2D eigenvalue weighted by molar-refractivity contribution is -0.137. The molecular weight excluding hydrogens is 837 g/mol. The topological polar surface area (TPSA) is 184 Å². The molecule has 9 rings (SSSR count). The van der Waals surface area contributed by atoms with Gasteiger partial charge >= 0.3 is 12.2 Å². The number of likely N-dealkylation sites (tertiary alicyclic amines) is 2. The first-order valence-electron chi connectivity index (χ1n) is 23.1. The van der Waals surface area contributed by atoms with E-state index in [2.05, 4.69) is 63.9 Å². The number of aromatic amines is 2. The van der Waals surface area contributed by atoms with Crippen molar-refractivity contribution in [2.24, 2.45) is 11.8 Å². The van der Waals surface area contributed by atoms with E-state index in [0.29, 0.717) is 30.4 Å². The van der Waals surface area contributed by atoms with Crippen LogP contribution in [0.25, 0.3) is 44.2 Å². The smallest absolute Gasteiger partial charge is 0.407 e. The van der Waals surface area contributed by atoms with Crippen LogP contribution in [0.4, 0.5) is 9.59 Å². The predicted molar refractivity (Wildman–Crippen MR) is 250 cm³/mol. The number of benzene rings is 4. The quantitative estimate of drug-likeness (QED) is 0.0930. The van der Waals surface area contributed by atoms with Crippen LogP contribution in [0.1, 0.15) is 107 Å². The molecule has 4 aromatic carbocycles. The number of nitrogens with one attached hydrogen (secondary N) is 4. The van der Waals surface area contributed by atoms with Gasteiger partial charge in [0.15, 0.2) is 0 Å². The highest BCUT2D eigenvalue weighted by atomic mass is 16.5. The van der Waals surface area contributed by atoms with Gasteiger partial charge in [-0.2, -0.15) is 0 Å². The Morgan fingerprint density at radius 1 is 0.879 bits per heavy atom. The summed E-state index contributed by atoms with van der Waals surface area (Å²) in [5.74, 6) is 2.04. The molecule has 3 aliphatic rings. The molecule has 0 unspecified atom stereocenters. The number of rotatable bonds is 12. The van der Waals surface area contributed by atoms with E-state index in [0.717, 1.165) is 94.0 Å². The van der Waals surface area contributed by atoms with E-state index < -0.39 is 24.3 Å². The van der Waals surface area contributed by atoms with E-state index in [1.165, 1.54) is 14.2 Å². The first-order chi connectivity index (χ1) is 32.0. The first-order valence-corrected chi connectivity index (χ1v) is 23.1. The van der Waals surface area contributed by atoms with Crippen molar-refractivity contribution in [2.45, 2.75) is 103 Å². The number of ether oxygens (including phenoxy) is 3. The van der Waals surface area contributed by atoms with Crippen molar-refractivity contribution in [3.05, 3.63) is 102 Å². The number of carbonyl (C=O) groups excluding carboxylic acids is 4. The monoisotopic (exact) mass is 894 g/mol. The van der Waals surface area contributed by atoms with Crippen molar-refractivity contribution in [3.63, 3.8) is 0 Å². The van der Waals surface area contributed by atoms with Crippen LogP contribution in [0.3, 0.4) is 0 Å². The average Bonchev–Trinajstić information content (AvgIpc) is 4.17. The molecule has 2 aromatic heterocycles. The van der Waals surface area contributed by atoms with Crippen molar-refractivity contribution in [1.29, 1.82) is 0 Å². The molecule has 0 bridgehead atoms. The Morgan fingerprint density at radius 3 is 2.42 bits per heavy atom. The fourth-order valence-corrected chi connectivity index (χ4v) is 10.3. The summed E-state index contributed by atoms with van der Waals surface area (Å²) in [5, 5.41) is 7.52. The fraction of sp³-hybridized carbons (Fsp3) is 0.412. The molecule has 0 aliphatic carbocycles. The summed E-state index contributed by atoms with van der Waals surface area (Å²) in [7, 11) is 2.60. The maximum absolute atomic E-state index is 14.5. The van der Waals surface area contributed by atoms with Crippen LogP contribution >= 0.6 is 0 Å². The molecular formula is C51H58N8O7. The van der Waals surface area contributed by atoms with Crippen LogP contribution in [0.2, 0.25) is 0 Å². The summed E-state index contributed by atoms with van der Waals surface area (Å²) in [5.41, 5.74) is 7.25. The van der Waals surface area contributed by atoms with E-state index in [9.17, 15) is 19.2 Å². The number of imidazole rings is 2. The molecule has 4 amide bonds. The van der Waals surface area contributed by atoms with Crippen molar-refractivity contribution in [1.82, 2.24) is 40.4 Å². The summed E-state index contributed by atoms with van der Waals surface area (Å²) < 4.78 is 16.3. The molecule has 2 saturated heterocycles. The highest BCUT2D eigenvalue weighted by molar-refractivity contribution is 6.07. The Bertz CT molecular complexity index is 2790.